The first-order valence-electron chi connectivity index (χ1n) is 10.7. The molecule has 4 rings (SSSR count). The highest BCUT2D eigenvalue weighted by atomic mass is 31.2. The number of benzene rings is 2. The van der Waals surface area contributed by atoms with Gasteiger partial charge in [-0.05, 0) is 50.4 Å². The maximum Gasteiger partial charge on any atom is 0.252 e. The zero-order valence-corrected chi connectivity index (χ0v) is 19.6. The number of rotatable bonds is 6. The van der Waals surface area contributed by atoms with E-state index in [0.717, 1.165) is 17.2 Å². The molecule has 0 aliphatic rings. The Hall–Kier alpha value is -3.45. The third-order valence-electron chi connectivity index (χ3n) is 5.24. The fourth-order valence-electron chi connectivity index (χ4n) is 3.78. The lowest BCUT2D eigenvalue weighted by Gasteiger charge is -2.24. The van der Waals surface area contributed by atoms with Gasteiger partial charge in [-0.25, -0.2) is 9.50 Å². The van der Waals surface area contributed by atoms with Crippen LogP contribution in [0.5, 0.6) is 0 Å². The molecule has 0 saturated carbocycles. The van der Waals surface area contributed by atoms with E-state index >= 15 is 0 Å². The van der Waals surface area contributed by atoms with E-state index in [9.17, 15) is 0 Å². The largest absolute Gasteiger partial charge is 0.252 e. The molecule has 2 aromatic carbocycles. The first-order chi connectivity index (χ1) is 15.6. The van der Waals surface area contributed by atoms with Crippen LogP contribution in [0.2, 0.25) is 0 Å². The summed E-state index contributed by atoms with van der Waals surface area (Å²) < 4.78 is 1.84. The second kappa shape index (κ2) is 9.78. The van der Waals surface area contributed by atoms with Gasteiger partial charge < -0.3 is 0 Å². The summed E-state index contributed by atoms with van der Waals surface area (Å²) in [4.78, 5) is 9.40. The summed E-state index contributed by atoms with van der Waals surface area (Å²) in [5, 5.41) is 7.34. The Labute approximate surface area is 189 Å². The SMILES string of the molecule is C/C=C\C=C/C=C=P(Cc1nc2nc(C)cc(C)n2n1)(c1ccccc1)c1ccccc1. The van der Waals surface area contributed by atoms with E-state index < -0.39 is 6.89 Å². The van der Waals surface area contributed by atoms with Crippen molar-refractivity contribution < 1.29 is 0 Å². The molecule has 2 aromatic heterocycles. The predicted octanol–water partition coefficient (Wildman–Crippen LogP) is 5.00. The predicted molar refractivity (Wildman–Crippen MR) is 137 cm³/mol. The minimum Gasteiger partial charge on any atom is -0.216 e. The van der Waals surface area contributed by atoms with Gasteiger partial charge in [-0.2, -0.15) is 4.98 Å². The highest BCUT2D eigenvalue weighted by Crippen LogP contribution is 2.46. The smallest absolute Gasteiger partial charge is 0.216 e. The van der Waals surface area contributed by atoms with E-state index in [1.807, 2.05) is 61.7 Å². The van der Waals surface area contributed by atoms with E-state index in [1.54, 1.807) is 0 Å². The molecule has 0 atom stereocenters. The Bertz CT molecular complexity index is 1320. The average molecular weight is 439 g/mol. The van der Waals surface area contributed by atoms with Gasteiger partial charge in [0.25, 0.3) is 5.78 Å². The molecule has 0 radical (unpaired) electrons. The van der Waals surface area contributed by atoms with Crippen LogP contribution in [0.3, 0.4) is 0 Å². The molecule has 32 heavy (non-hydrogen) atoms. The highest BCUT2D eigenvalue weighted by Gasteiger charge is 2.25. The fourth-order valence-corrected chi connectivity index (χ4v) is 7.09. The lowest BCUT2D eigenvalue weighted by molar-refractivity contribution is 0.866. The number of fused-ring (bicyclic) bond motifs is 1. The maximum absolute atomic E-state index is 4.83. The standard InChI is InChI=1S/C27H27N4P/c1-4-5-6-7-14-19-32(24-15-10-8-11-16-24,25-17-12-9-13-18-25)21-26-29-27-28-22(2)20-23(3)31(27)30-26/h4-18,20H,21H2,1-3H3/b5-4-,7-6-. The summed E-state index contributed by atoms with van der Waals surface area (Å²) in [6.45, 7) is 3.93. The van der Waals surface area contributed by atoms with Crippen LogP contribution in [0, 0.1) is 13.8 Å². The topological polar surface area (TPSA) is 43.1 Å². The molecule has 0 saturated heterocycles. The van der Waals surface area contributed by atoms with Crippen LogP contribution in [0.1, 0.15) is 24.1 Å². The minimum atomic E-state index is -2.10. The van der Waals surface area contributed by atoms with Gasteiger partial charge in [0.1, 0.15) is 0 Å². The summed E-state index contributed by atoms with van der Waals surface area (Å²) in [6, 6.07) is 23.3. The molecule has 0 N–H and O–H groups in total. The summed E-state index contributed by atoms with van der Waals surface area (Å²) >= 11 is 0. The van der Waals surface area contributed by atoms with Crippen LogP contribution in [-0.4, -0.2) is 25.0 Å². The Kier molecular flexibility index (Phi) is 6.66. The molecule has 5 heteroatoms. The monoisotopic (exact) mass is 438 g/mol. The Balaban J connectivity index is 1.96. The van der Waals surface area contributed by atoms with Crippen molar-refractivity contribution >= 4 is 28.7 Å². The van der Waals surface area contributed by atoms with Crippen LogP contribution in [0.15, 0.2) is 97.1 Å². The van der Waals surface area contributed by atoms with E-state index in [2.05, 4.69) is 71.1 Å². The summed E-state index contributed by atoms with van der Waals surface area (Å²) in [7, 11) is 0. The Morgan fingerprint density at radius 1 is 0.875 bits per heavy atom. The van der Waals surface area contributed by atoms with Crippen molar-refractivity contribution in [1.82, 2.24) is 19.6 Å². The van der Waals surface area contributed by atoms with Crippen LogP contribution < -0.4 is 10.6 Å². The molecular weight excluding hydrogens is 411 g/mol. The van der Waals surface area contributed by atoms with Gasteiger partial charge in [0.05, 0.1) is 0 Å². The zero-order valence-electron chi connectivity index (χ0n) is 18.7. The minimum absolute atomic E-state index is 0.647. The second-order valence-electron chi connectivity index (χ2n) is 7.62. The van der Waals surface area contributed by atoms with Crippen LogP contribution >= 0.6 is 6.89 Å². The van der Waals surface area contributed by atoms with E-state index in [0.29, 0.717) is 11.9 Å². The molecule has 0 bridgehead atoms. The highest BCUT2D eigenvalue weighted by molar-refractivity contribution is 7.87. The quantitative estimate of drug-likeness (QED) is 0.314. The summed E-state index contributed by atoms with van der Waals surface area (Å²) in [5.41, 5.74) is 5.78. The molecule has 4 aromatic rings. The van der Waals surface area contributed by atoms with E-state index in [4.69, 9.17) is 10.1 Å². The molecule has 0 aliphatic heterocycles. The lowest BCUT2D eigenvalue weighted by Crippen LogP contribution is -2.19. The van der Waals surface area contributed by atoms with Crippen molar-refractivity contribution in [3.05, 3.63) is 114 Å². The molecule has 160 valence electrons. The van der Waals surface area contributed by atoms with Gasteiger partial charge in [0.15, 0.2) is 5.82 Å². The maximum atomic E-state index is 4.83. The number of nitrogens with zero attached hydrogens (tertiary/aromatic N) is 4. The van der Waals surface area contributed by atoms with Crippen molar-refractivity contribution in [1.29, 1.82) is 0 Å². The van der Waals surface area contributed by atoms with Crippen LogP contribution in [0.25, 0.3) is 5.78 Å². The molecule has 0 amide bonds. The summed E-state index contributed by atoms with van der Waals surface area (Å²) in [6.07, 6.45) is 10.8. The van der Waals surface area contributed by atoms with Crippen molar-refractivity contribution in [3.63, 3.8) is 0 Å². The number of allylic oxidation sites excluding steroid dienone is 5. The van der Waals surface area contributed by atoms with Gasteiger partial charge in [0, 0.05) is 17.5 Å². The van der Waals surface area contributed by atoms with E-state index in [-0.39, 0.29) is 0 Å². The van der Waals surface area contributed by atoms with Crippen molar-refractivity contribution in [2.45, 2.75) is 26.9 Å². The van der Waals surface area contributed by atoms with Crippen molar-refractivity contribution in [2.24, 2.45) is 0 Å². The van der Waals surface area contributed by atoms with Crippen LogP contribution in [-0.2, 0) is 6.16 Å². The van der Waals surface area contributed by atoms with Crippen molar-refractivity contribution in [3.8, 4) is 0 Å². The van der Waals surface area contributed by atoms with E-state index in [1.165, 1.54) is 10.6 Å². The fraction of sp³-hybridized carbons (Fsp3) is 0.148. The first-order valence-corrected chi connectivity index (χ1v) is 12.7. The third kappa shape index (κ3) is 4.57. The summed E-state index contributed by atoms with van der Waals surface area (Å²) in [5.74, 6) is 1.43. The second-order valence-corrected chi connectivity index (χ2v) is 10.9. The van der Waals surface area contributed by atoms with Gasteiger partial charge in [0.2, 0.25) is 0 Å². The average Bonchev–Trinajstić information content (AvgIpc) is 3.22. The van der Waals surface area contributed by atoms with Crippen molar-refractivity contribution in [2.75, 3.05) is 0 Å². The lowest BCUT2D eigenvalue weighted by atomic mass is 10.4. The molecular formula is C27H27N4P. The molecule has 0 aliphatic carbocycles. The molecule has 0 spiro atoms. The number of aryl methyl sites for hydroxylation is 2. The zero-order chi connectivity index (χ0) is 22.4. The van der Waals surface area contributed by atoms with Gasteiger partial charge in [-0.15, -0.1) is 10.6 Å². The molecule has 0 fully saturated rings. The number of aromatic nitrogens is 4. The van der Waals surface area contributed by atoms with Crippen LogP contribution in [0.4, 0.5) is 0 Å². The molecule has 2 heterocycles. The number of hydrogen-bond acceptors (Lipinski definition) is 3. The Morgan fingerprint density at radius 3 is 2.16 bits per heavy atom. The third-order valence-corrected chi connectivity index (χ3v) is 8.95. The number of hydrogen-bond donors (Lipinski definition) is 0. The molecule has 4 nitrogen and oxygen atoms in total. The van der Waals surface area contributed by atoms with Gasteiger partial charge in [-0.3, -0.25) is 0 Å². The Morgan fingerprint density at radius 2 is 1.53 bits per heavy atom. The molecule has 0 unspecified atom stereocenters. The normalized spacial score (nSPS) is 12.0. The van der Waals surface area contributed by atoms with Gasteiger partial charge in [-0.1, -0.05) is 85.0 Å². The first kappa shape index (κ1) is 21.8. The van der Waals surface area contributed by atoms with Gasteiger partial charge >= 0.3 is 0 Å².